The molecule has 4 heteroatoms. The predicted octanol–water partition coefficient (Wildman–Crippen LogP) is 4.14. The molecule has 2 aromatic rings. The van der Waals surface area contributed by atoms with Crippen molar-refractivity contribution >= 4 is 17.3 Å². The van der Waals surface area contributed by atoms with Gasteiger partial charge >= 0.3 is 0 Å². The van der Waals surface area contributed by atoms with Gasteiger partial charge in [0, 0.05) is 17.6 Å². The van der Waals surface area contributed by atoms with Gasteiger partial charge in [0.25, 0.3) is 0 Å². The first kappa shape index (κ1) is 14.2. The Labute approximate surface area is 123 Å². The van der Waals surface area contributed by atoms with Crippen LogP contribution >= 0.6 is 11.6 Å². The SMILES string of the molecule is COc1cc(C#N)ccc1NCc1ccc(C)cc1Cl. The second-order valence-electron chi connectivity index (χ2n) is 4.48. The molecule has 0 spiro atoms. The van der Waals surface area contributed by atoms with E-state index < -0.39 is 0 Å². The first-order valence-corrected chi connectivity index (χ1v) is 6.59. The molecule has 0 atom stereocenters. The van der Waals surface area contributed by atoms with Crippen LogP contribution in [0.25, 0.3) is 0 Å². The number of nitrogens with one attached hydrogen (secondary N) is 1. The van der Waals surface area contributed by atoms with E-state index in [9.17, 15) is 0 Å². The van der Waals surface area contributed by atoms with Crippen molar-refractivity contribution in [3.05, 3.63) is 58.1 Å². The highest BCUT2D eigenvalue weighted by molar-refractivity contribution is 6.31. The Morgan fingerprint density at radius 1 is 1.25 bits per heavy atom. The molecule has 0 fully saturated rings. The number of anilines is 1. The van der Waals surface area contributed by atoms with Gasteiger partial charge in [0.1, 0.15) is 5.75 Å². The summed E-state index contributed by atoms with van der Waals surface area (Å²) in [6.07, 6.45) is 0. The average Bonchev–Trinajstić information content (AvgIpc) is 2.46. The largest absolute Gasteiger partial charge is 0.495 e. The molecule has 0 aliphatic rings. The highest BCUT2D eigenvalue weighted by Crippen LogP contribution is 2.27. The highest BCUT2D eigenvalue weighted by Gasteiger charge is 2.06. The molecule has 0 bridgehead atoms. The molecule has 20 heavy (non-hydrogen) atoms. The third-order valence-electron chi connectivity index (χ3n) is 3.01. The van der Waals surface area contributed by atoms with Crippen LogP contribution in [0.3, 0.4) is 0 Å². The van der Waals surface area contributed by atoms with Gasteiger partial charge in [-0.05, 0) is 36.2 Å². The molecule has 0 saturated heterocycles. The second-order valence-corrected chi connectivity index (χ2v) is 4.88. The maximum Gasteiger partial charge on any atom is 0.143 e. The van der Waals surface area contributed by atoms with Crippen LogP contribution in [0.5, 0.6) is 5.75 Å². The van der Waals surface area contributed by atoms with E-state index in [0.717, 1.165) is 21.8 Å². The van der Waals surface area contributed by atoms with E-state index in [2.05, 4.69) is 11.4 Å². The van der Waals surface area contributed by atoms with Crippen LogP contribution < -0.4 is 10.1 Å². The van der Waals surface area contributed by atoms with Crippen molar-refractivity contribution < 1.29 is 4.74 Å². The highest BCUT2D eigenvalue weighted by atomic mass is 35.5. The van der Waals surface area contributed by atoms with Crippen molar-refractivity contribution in [2.45, 2.75) is 13.5 Å². The lowest BCUT2D eigenvalue weighted by Crippen LogP contribution is -2.02. The van der Waals surface area contributed by atoms with E-state index in [1.54, 1.807) is 19.2 Å². The molecule has 102 valence electrons. The smallest absolute Gasteiger partial charge is 0.143 e. The molecule has 0 aliphatic heterocycles. The predicted molar refractivity (Wildman–Crippen MR) is 81.2 cm³/mol. The Bertz CT molecular complexity index is 662. The topological polar surface area (TPSA) is 45.0 Å². The molecule has 3 nitrogen and oxygen atoms in total. The Morgan fingerprint density at radius 2 is 2.05 bits per heavy atom. The molecule has 1 N–H and O–H groups in total. The zero-order valence-corrected chi connectivity index (χ0v) is 12.2. The molecule has 2 aromatic carbocycles. The van der Waals surface area contributed by atoms with Crippen molar-refractivity contribution in [1.29, 1.82) is 5.26 Å². The minimum atomic E-state index is 0.570. The first-order valence-electron chi connectivity index (χ1n) is 6.21. The summed E-state index contributed by atoms with van der Waals surface area (Å²) in [5, 5.41) is 12.9. The number of hydrogen-bond donors (Lipinski definition) is 1. The zero-order valence-electron chi connectivity index (χ0n) is 11.4. The summed E-state index contributed by atoms with van der Waals surface area (Å²) in [4.78, 5) is 0. The number of nitriles is 1. The molecule has 0 unspecified atom stereocenters. The molecule has 0 amide bonds. The van der Waals surface area contributed by atoms with E-state index in [4.69, 9.17) is 21.6 Å². The van der Waals surface area contributed by atoms with E-state index in [-0.39, 0.29) is 0 Å². The molecular weight excluding hydrogens is 272 g/mol. The summed E-state index contributed by atoms with van der Waals surface area (Å²) < 4.78 is 5.28. The molecular formula is C16H15ClN2O. The number of methoxy groups -OCH3 is 1. The van der Waals surface area contributed by atoms with Gasteiger partial charge in [-0.2, -0.15) is 5.26 Å². The number of aryl methyl sites for hydroxylation is 1. The summed E-state index contributed by atoms with van der Waals surface area (Å²) >= 11 is 6.20. The minimum absolute atomic E-state index is 0.570. The average molecular weight is 287 g/mol. The zero-order chi connectivity index (χ0) is 14.5. The third kappa shape index (κ3) is 3.23. The lowest BCUT2D eigenvalue weighted by Gasteiger charge is -2.12. The van der Waals surface area contributed by atoms with Gasteiger partial charge in [-0.15, -0.1) is 0 Å². The summed E-state index contributed by atoms with van der Waals surface area (Å²) in [5.74, 6) is 0.646. The number of benzene rings is 2. The van der Waals surface area contributed by atoms with E-state index in [1.807, 2.05) is 31.2 Å². The molecule has 0 heterocycles. The Morgan fingerprint density at radius 3 is 2.70 bits per heavy atom. The Balaban J connectivity index is 2.16. The van der Waals surface area contributed by atoms with E-state index in [0.29, 0.717) is 17.9 Å². The lowest BCUT2D eigenvalue weighted by molar-refractivity contribution is 0.416. The molecule has 2 rings (SSSR count). The van der Waals surface area contributed by atoms with Gasteiger partial charge in [-0.1, -0.05) is 23.7 Å². The fraction of sp³-hybridized carbons (Fsp3) is 0.188. The molecule has 0 saturated carbocycles. The van der Waals surface area contributed by atoms with Gasteiger partial charge in [-0.25, -0.2) is 0 Å². The maximum atomic E-state index is 8.88. The van der Waals surface area contributed by atoms with Gasteiger partial charge in [-0.3, -0.25) is 0 Å². The van der Waals surface area contributed by atoms with Crippen molar-refractivity contribution in [2.75, 3.05) is 12.4 Å². The molecule has 0 aromatic heterocycles. The Hall–Kier alpha value is -2.18. The molecule has 0 radical (unpaired) electrons. The van der Waals surface area contributed by atoms with Crippen LogP contribution in [-0.4, -0.2) is 7.11 Å². The van der Waals surface area contributed by atoms with Crippen LogP contribution in [0, 0.1) is 18.3 Å². The van der Waals surface area contributed by atoms with Crippen LogP contribution in [0.15, 0.2) is 36.4 Å². The van der Waals surface area contributed by atoms with Gasteiger partial charge in [0.15, 0.2) is 0 Å². The number of halogens is 1. The van der Waals surface area contributed by atoms with Crippen molar-refractivity contribution in [2.24, 2.45) is 0 Å². The van der Waals surface area contributed by atoms with E-state index in [1.165, 1.54) is 0 Å². The summed E-state index contributed by atoms with van der Waals surface area (Å²) in [7, 11) is 1.58. The van der Waals surface area contributed by atoms with Crippen molar-refractivity contribution in [3.63, 3.8) is 0 Å². The van der Waals surface area contributed by atoms with Crippen molar-refractivity contribution in [3.8, 4) is 11.8 Å². The lowest BCUT2D eigenvalue weighted by atomic mass is 10.1. The van der Waals surface area contributed by atoms with Crippen molar-refractivity contribution in [1.82, 2.24) is 0 Å². The van der Waals surface area contributed by atoms with Gasteiger partial charge in [0.2, 0.25) is 0 Å². The number of ether oxygens (including phenoxy) is 1. The number of nitrogens with zero attached hydrogens (tertiary/aromatic N) is 1. The normalized spacial score (nSPS) is 9.90. The quantitative estimate of drug-likeness (QED) is 0.919. The van der Waals surface area contributed by atoms with Crippen LogP contribution in [0.1, 0.15) is 16.7 Å². The maximum absolute atomic E-state index is 8.88. The summed E-state index contributed by atoms with van der Waals surface area (Å²) in [6.45, 7) is 2.61. The van der Waals surface area contributed by atoms with Crippen LogP contribution in [0.2, 0.25) is 5.02 Å². The fourth-order valence-electron chi connectivity index (χ4n) is 1.89. The first-order chi connectivity index (χ1) is 9.63. The van der Waals surface area contributed by atoms with Gasteiger partial charge < -0.3 is 10.1 Å². The second kappa shape index (κ2) is 6.31. The van der Waals surface area contributed by atoms with Crippen LogP contribution in [-0.2, 0) is 6.54 Å². The number of hydrogen-bond acceptors (Lipinski definition) is 3. The van der Waals surface area contributed by atoms with Crippen LogP contribution in [0.4, 0.5) is 5.69 Å². The Kier molecular flexibility index (Phi) is 4.49. The number of rotatable bonds is 4. The van der Waals surface area contributed by atoms with Gasteiger partial charge in [0.05, 0.1) is 24.4 Å². The summed E-state index contributed by atoms with van der Waals surface area (Å²) in [5.41, 5.74) is 3.56. The fourth-order valence-corrected chi connectivity index (χ4v) is 2.19. The summed E-state index contributed by atoms with van der Waals surface area (Å²) in [6, 6.07) is 13.3. The standard InChI is InChI=1S/C16H15ClN2O/c1-11-3-5-13(14(17)7-11)10-19-15-6-4-12(9-18)8-16(15)20-2/h3-8,19H,10H2,1-2H3. The minimum Gasteiger partial charge on any atom is -0.495 e. The monoisotopic (exact) mass is 286 g/mol. The molecule has 0 aliphatic carbocycles. The third-order valence-corrected chi connectivity index (χ3v) is 3.36. The van der Waals surface area contributed by atoms with E-state index >= 15 is 0 Å².